The first-order valence-corrected chi connectivity index (χ1v) is 15.5. The van der Waals surface area contributed by atoms with Crippen molar-refractivity contribution in [3.05, 3.63) is 118 Å². The van der Waals surface area contributed by atoms with Crippen LogP contribution in [0.3, 0.4) is 0 Å². The van der Waals surface area contributed by atoms with E-state index in [9.17, 15) is 18.8 Å². The van der Waals surface area contributed by atoms with Gasteiger partial charge in [-0.3, -0.25) is 9.59 Å². The molecule has 1 aliphatic heterocycles. The molecule has 1 aromatic heterocycles. The number of esters is 1. The van der Waals surface area contributed by atoms with Crippen molar-refractivity contribution in [1.29, 1.82) is 0 Å². The highest BCUT2D eigenvalue weighted by Crippen LogP contribution is 2.55. The van der Waals surface area contributed by atoms with E-state index in [1.807, 2.05) is 34.9 Å². The maximum Gasteiger partial charge on any atom is 0.332 e. The zero-order chi connectivity index (χ0) is 33.5. The quantitative estimate of drug-likeness (QED) is 0.241. The molecule has 3 aromatic carbocycles. The van der Waals surface area contributed by atoms with E-state index >= 15 is 0 Å². The topological polar surface area (TPSA) is 90.3 Å². The van der Waals surface area contributed by atoms with Crippen molar-refractivity contribution in [2.75, 3.05) is 42.0 Å². The van der Waals surface area contributed by atoms with Crippen molar-refractivity contribution in [2.24, 2.45) is 5.92 Å². The molecule has 0 N–H and O–H groups in total. The van der Waals surface area contributed by atoms with Crippen LogP contribution in [0.2, 0.25) is 0 Å². The number of fused-ring (bicyclic) bond motifs is 3. The fraction of sp³-hybridized carbons (Fsp3) is 0.324. The van der Waals surface area contributed by atoms with Crippen molar-refractivity contribution in [2.45, 2.75) is 30.8 Å². The van der Waals surface area contributed by atoms with Gasteiger partial charge in [-0.2, -0.15) is 0 Å². The van der Waals surface area contributed by atoms with Gasteiger partial charge in [0.2, 0.25) is 0 Å². The number of aromatic nitrogens is 1. The molecule has 3 atom stereocenters. The van der Waals surface area contributed by atoms with Crippen LogP contribution in [0.5, 0.6) is 11.5 Å². The van der Waals surface area contributed by atoms with Crippen LogP contribution in [0, 0.1) is 11.7 Å². The van der Waals surface area contributed by atoms with Crippen molar-refractivity contribution < 1.29 is 33.0 Å². The molecule has 0 bridgehead atoms. The number of halogens is 1. The van der Waals surface area contributed by atoms with Crippen molar-refractivity contribution >= 4 is 17.8 Å². The Hall–Kier alpha value is -5.12. The summed E-state index contributed by atoms with van der Waals surface area (Å²) in [4.78, 5) is 45.4. The smallest absolute Gasteiger partial charge is 0.332 e. The number of hydrogen-bond acceptors (Lipinski definition) is 6. The number of methoxy groups -OCH3 is 3. The third-order valence-electron chi connectivity index (χ3n) is 9.52. The van der Waals surface area contributed by atoms with Crippen molar-refractivity contribution in [3.63, 3.8) is 0 Å². The van der Waals surface area contributed by atoms with Gasteiger partial charge in [0, 0.05) is 50.8 Å². The Bertz CT molecular complexity index is 1820. The van der Waals surface area contributed by atoms with Gasteiger partial charge >= 0.3 is 5.97 Å². The van der Waals surface area contributed by atoms with E-state index in [-0.39, 0.29) is 24.2 Å². The molecule has 1 aliphatic carbocycles. The van der Waals surface area contributed by atoms with Gasteiger partial charge in [0.25, 0.3) is 11.8 Å². The molecule has 0 radical (unpaired) electrons. The molecule has 0 saturated carbocycles. The third-order valence-corrected chi connectivity index (χ3v) is 9.52. The Labute approximate surface area is 273 Å². The van der Waals surface area contributed by atoms with E-state index in [0.29, 0.717) is 47.8 Å². The number of carbonyl (C=O) groups is 3. The second-order valence-electron chi connectivity index (χ2n) is 12.3. The molecular weight excluding hydrogens is 601 g/mol. The number of amides is 2. The molecule has 4 aromatic rings. The highest BCUT2D eigenvalue weighted by atomic mass is 19.1. The fourth-order valence-corrected chi connectivity index (χ4v) is 7.46. The summed E-state index contributed by atoms with van der Waals surface area (Å²) in [5, 5.41) is 0. The lowest BCUT2D eigenvalue weighted by Crippen LogP contribution is -2.58. The third kappa shape index (κ3) is 5.41. The lowest BCUT2D eigenvalue weighted by Gasteiger charge is -2.40. The maximum absolute atomic E-state index is 14.3. The van der Waals surface area contributed by atoms with Crippen LogP contribution in [0.4, 0.5) is 4.39 Å². The van der Waals surface area contributed by atoms with Crippen molar-refractivity contribution in [3.8, 4) is 11.5 Å². The van der Waals surface area contributed by atoms with Crippen LogP contribution in [0.15, 0.2) is 78.9 Å². The zero-order valence-electron chi connectivity index (χ0n) is 27.2. The van der Waals surface area contributed by atoms with Gasteiger partial charge in [-0.1, -0.05) is 36.4 Å². The standard InChI is InChI=1S/C37H38FN3O6/c1-39(2)35(43)30-19-28-29(40(30)21-24-13-16-31(45-3)32(17-24)46-4)18-26-22-41(34(42)25-9-7-6-8-10-25)37(33(26)28,36(44)47-5)20-23-11-14-27(38)15-12-23/h6-17,19,26,33H,18,20-22H2,1-5H3/t26-,33+,37+/m0/s1. The highest BCUT2D eigenvalue weighted by Gasteiger charge is 2.64. The Morgan fingerprint density at radius 3 is 2.21 bits per heavy atom. The zero-order valence-corrected chi connectivity index (χ0v) is 27.2. The maximum atomic E-state index is 14.3. The van der Waals surface area contributed by atoms with E-state index in [1.54, 1.807) is 69.6 Å². The monoisotopic (exact) mass is 639 g/mol. The second kappa shape index (κ2) is 12.6. The van der Waals surface area contributed by atoms with Crippen LogP contribution in [-0.4, -0.2) is 79.7 Å². The molecule has 0 unspecified atom stereocenters. The van der Waals surface area contributed by atoms with E-state index in [4.69, 9.17) is 14.2 Å². The summed E-state index contributed by atoms with van der Waals surface area (Å²) in [6.45, 7) is 0.677. The average molecular weight is 640 g/mol. The lowest BCUT2D eigenvalue weighted by atomic mass is 9.75. The molecule has 9 nitrogen and oxygen atoms in total. The van der Waals surface area contributed by atoms with E-state index in [1.165, 1.54) is 24.1 Å². The highest BCUT2D eigenvalue weighted by molar-refractivity contribution is 6.00. The summed E-state index contributed by atoms with van der Waals surface area (Å²) in [5.41, 5.74) is 2.82. The molecule has 2 aliphatic rings. The van der Waals surface area contributed by atoms with Gasteiger partial charge in [-0.15, -0.1) is 0 Å². The predicted molar refractivity (Wildman–Crippen MR) is 173 cm³/mol. The largest absolute Gasteiger partial charge is 0.493 e. The molecule has 244 valence electrons. The molecule has 2 amide bonds. The Morgan fingerprint density at radius 2 is 1.57 bits per heavy atom. The molecule has 6 rings (SSSR count). The summed E-state index contributed by atoms with van der Waals surface area (Å²) >= 11 is 0. The summed E-state index contributed by atoms with van der Waals surface area (Å²) < 4.78 is 32.5. The van der Waals surface area contributed by atoms with Crippen LogP contribution < -0.4 is 9.47 Å². The SMILES string of the molecule is COC(=O)[C@@]1(Cc2ccc(F)cc2)[C@H]2c3cc(C(=O)N(C)C)n(Cc4ccc(OC)c(OC)c4)c3C[C@H]2CN1C(=O)c1ccccc1. The molecule has 47 heavy (non-hydrogen) atoms. The van der Waals surface area contributed by atoms with E-state index < -0.39 is 23.2 Å². The van der Waals surface area contributed by atoms with Gasteiger partial charge in [-0.05, 0) is 71.5 Å². The molecule has 1 fully saturated rings. The number of ether oxygens (including phenoxy) is 3. The van der Waals surface area contributed by atoms with Crippen LogP contribution in [-0.2, 0) is 28.9 Å². The van der Waals surface area contributed by atoms with Gasteiger partial charge in [0.15, 0.2) is 17.0 Å². The van der Waals surface area contributed by atoms with E-state index in [2.05, 4.69) is 0 Å². The van der Waals surface area contributed by atoms with Gasteiger partial charge in [0.05, 0.1) is 21.3 Å². The minimum absolute atomic E-state index is 0.108. The number of rotatable bonds is 9. The van der Waals surface area contributed by atoms with Crippen LogP contribution in [0.1, 0.15) is 49.1 Å². The number of carbonyl (C=O) groups excluding carboxylic acids is 3. The number of nitrogens with zero attached hydrogens (tertiary/aromatic N) is 3. The van der Waals surface area contributed by atoms with Gasteiger partial charge in [-0.25, -0.2) is 9.18 Å². The predicted octanol–water partition coefficient (Wildman–Crippen LogP) is 4.96. The molecule has 0 spiro atoms. The Balaban J connectivity index is 1.53. The van der Waals surface area contributed by atoms with Gasteiger partial charge < -0.3 is 28.6 Å². The van der Waals surface area contributed by atoms with Crippen molar-refractivity contribution in [1.82, 2.24) is 14.4 Å². The summed E-state index contributed by atoms with van der Waals surface area (Å²) in [6.07, 6.45) is 0.645. The average Bonchev–Trinajstić information content (AvgIpc) is 3.72. The summed E-state index contributed by atoms with van der Waals surface area (Å²) in [7, 11) is 7.88. The summed E-state index contributed by atoms with van der Waals surface area (Å²) in [6, 6.07) is 22.4. The Kier molecular flexibility index (Phi) is 8.53. The van der Waals surface area contributed by atoms with Crippen LogP contribution >= 0.6 is 0 Å². The number of benzene rings is 3. The molecular formula is C37H38FN3O6. The van der Waals surface area contributed by atoms with E-state index in [0.717, 1.165) is 16.8 Å². The number of hydrogen-bond donors (Lipinski definition) is 0. The first-order chi connectivity index (χ1) is 22.6. The number of likely N-dealkylation sites (tertiary alicyclic amines) is 1. The Morgan fingerprint density at radius 1 is 0.894 bits per heavy atom. The first kappa shape index (κ1) is 31.8. The minimum atomic E-state index is -1.45. The second-order valence-corrected chi connectivity index (χ2v) is 12.3. The van der Waals surface area contributed by atoms with Crippen LogP contribution in [0.25, 0.3) is 0 Å². The molecule has 10 heteroatoms. The summed E-state index contributed by atoms with van der Waals surface area (Å²) in [5.74, 6) is -0.873. The lowest BCUT2D eigenvalue weighted by molar-refractivity contribution is -0.153. The molecule has 1 saturated heterocycles. The first-order valence-electron chi connectivity index (χ1n) is 15.5. The normalized spacial score (nSPS) is 19.6. The molecule has 2 heterocycles. The fourth-order valence-electron chi connectivity index (χ4n) is 7.46. The van der Waals surface area contributed by atoms with Gasteiger partial charge in [0.1, 0.15) is 11.5 Å². The minimum Gasteiger partial charge on any atom is -0.493 e.